The van der Waals surface area contributed by atoms with Crippen LogP contribution in [0.3, 0.4) is 0 Å². The van der Waals surface area contributed by atoms with Crippen LogP contribution in [-0.2, 0) is 9.47 Å². The lowest BCUT2D eigenvalue weighted by atomic mass is 10.2. The Morgan fingerprint density at radius 1 is 1.29 bits per heavy atom. The summed E-state index contributed by atoms with van der Waals surface area (Å²) in [5.74, 6) is 0.504. The summed E-state index contributed by atoms with van der Waals surface area (Å²) in [6, 6.07) is 4.93. The fraction of sp³-hybridized carbons (Fsp3) is 0.200. The van der Waals surface area contributed by atoms with Crippen LogP contribution in [0.25, 0.3) is 0 Å². The molecule has 14 heavy (non-hydrogen) atoms. The van der Waals surface area contributed by atoms with E-state index in [-0.39, 0.29) is 5.75 Å². The number of aromatic hydroxyl groups is 1. The first-order valence-electron chi connectivity index (χ1n) is 4.14. The molecule has 0 spiro atoms. The smallest absolute Gasteiger partial charge is 0.266 e. The number of hydrogen-bond donors (Lipinski definition) is 1. The number of phenolic OH excluding ortho intramolecular Hbond substituents is 1. The number of methoxy groups -OCH3 is 1. The highest BCUT2D eigenvalue weighted by atomic mass is 16.7. The number of phenols is 1. The summed E-state index contributed by atoms with van der Waals surface area (Å²) in [5, 5.41) is 9.36. The van der Waals surface area contributed by atoms with Gasteiger partial charge in [0.15, 0.2) is 11.5 Å². The third-order valence-corrected chi connectivity index (χ3v) is 1.94. The average molecular weight is 194 g/mol. The first-order valence-corrected chi connectivity index (χ1v) is 4.14. The molecule has 4 nitrogen and oxygen atoms in total. The number of benzene rings is 1. The summed E-state index contributed by atoms with van der Waals surface area (Å²) >= 11 is 0. The van der Waals surface area contributed by atoms with Crippen molar-refractivity contribution in [2.24, 2.45) is 0 Å². The van der Waals surface area contributed by atoms with Crippen LogP contribution in [0.5, 0.6) is 11.5 Å². The summed E-state index contributed by atoms with van der Waals surface area (Å²) in [6.07, 6.45) is 2.51. The van der Waals surface area contributed by atoms with E-state index < -0.39 is 6.29 Å². The van der Waals surface area contributed by atoms with Crippen molar-refractivity contribution < 1.29 is 19.3 Å². The van der Waals surface area contributed by atoms with Crippen molar-refractivity contribution in [3.8, 4) is 11.5 Å². The minimum atomic E-state index is -0.440. The van der Waals surface area contributed by atoms with E-state index in [2.05, 4.69) is 0 Å². The average Bonchev–Trinajstić information content (AvgIpc) is 2.71. The monoisotopic (exact) mass is 194 g/mol. The third-order valence-electron chi connectivity index (χ3n) is 1.94. The van der Waals surface area contributed by atoms with Gasteiger partial charge in [0, 0.05) is 5.56 Å². The summed E-state index contributed by atoms with van der Waals surface area (Å²) < 4.78 is 15.2. The van der Waals surface area contributed by atoms with E-state index in [0.29, 0.717) is 5.75 Å². The molecule has 0 aliphatic carbocycles. The van der Waals surface area contributed by atoms with Crippen LogP contribution in [0, 0.1) is 0 Å². The van der Waals surface area contributed by atoms with Gasteiger partial charge in [0.05, 0.1) is 7.11 Å². The first-order chi connectivity index (χ1) is 6.81. The summed E-state index contributed by atoms with van der Waals surface area (Å²) in [6.45, 7) is 0. The second-order valence-electron chi connectivity index (χ2n) is 2.81. The van der Waals surface area contributed by atoms with Crippen molar-refractivity contribution in [3.63, 3.8) is 0 Å². The molecule has 0 aromatic heterocycles. The third kappa shape index (κ3) is 1.46. The van der Waals surface area contributed by atoms with Crippen molar-refractivity contribution in [3.05, 3.63) is 36.3 Å². The molecule has 1 aliphatic rings. The fourth-order valence-electron chi connectivity index (χ4n) is 1.24. The van der Waals surface area contributed by atoms with Gasteiger partial charge >= 0.3 is 0 Å². The van der Waals surface area contributed by atoms with Gasteiger partial charge in [-0.25, -0.2) is 0 Å². The molecule has 0 saturated heterocycles. The highest BCUT2D eigenvalue weighted by Crippen LogP contribution is 2.32. The van der Waals surface area contributed by atoms with Gasteiger partial charge in [0.1, 0.15) is 12.5 Å². The van der Waals surface area contributed by atoms with Crippen LogP contribution < -0.4 is 4.74 Å². The summed E-state index contributed by atoms with van der Waals surface area (Å²) in [7, 11) is 1.49. The van der Waals surface area contributed by atoms with Crippen LogP contribution in [-0.4, -0.2) is 12.2 Å². The molecule has 0 saturated carbocycles. The standard InChI is InChI=1S/C10H10O4/c1-12-9-6-7(2-3-8(9)11)10-13-4-5-14-10/h2-6,10-11H,1H3. The summed E-state index contributed by atoms with van der Waals surface area (Å²) in [5.41, 5.74) is 0.796. The lowest BCUT2D eigenvalue weighted by molar-refractivity contribution is -0.0247. The molecule has 1 N–H and O–H groups in total. The van der Waals surface area contributed by atoms with Crippen LogP contribution in [0.1, 0.15) is 11.9 Å². The van der Waals surface area contributed by atoms with Crippen molar-refractivity contribution in [2.75, 3.05) is 7.11 Å². The molecule has 1 aliphatic heterocycles. The summed E-state index contributed by atoms with van der Waals surface area (Å²) in [4.78, 5) is 0. The Morgan fingerprint density at radius 3 is 2.64 bits per heavy atom. The lowest BCUT2D eigenvalue weighted by Gasteiger charge is -2.12. The Bertz CT molecular complexity index is 351. The van der Waals surface area contributed by atoms with Gasteiger partial charge in [-0.15, -0.1) is 0 Å². The highest BCUT2D eigenvalue weighted by molar-refractivity contribution is 5.42. The van der Waals surface area contributed by atoms with E-state index in [1.165, 1.54) is 19.6 Å². The van der Waals surface area contributed by atoms with Gasteiger partial charge in [-0.2, -0.15) is 0 Å². The predicted octanol–water partition coefficient (Wildman–Crippen LogP) is 1.92. The second kappa shape index (κ2) is 3.49. The first kappa shape index (κ1) is 8.74. The predicted molar refractivity (Wildman–Crippen MR) is 48.7 cm³/mol. The molecule has 4 heteroatoms. The van der Waals surface area contributed by atoms with Crippen molar-refractivity contribution in [2.45, 2.75) is 6.29 Å². The maximum atomic E-state index is 9.36. The molecule has 0 radical (unpaired) electrons. The minimum Gasteiger partial charge on any atom is -0.504 e. The SMILES string of the molecule is COc1cc(C2OC=CO2)ccc1O. The molecule has 0 bridgehead atoms. The Kier molecular flexibility index (Phi) is 2.18. The lowest BCUT2D eigenvalue weighted by Crippen LogP contribution is -1.98. The zero-order valence-corrected chi connectivity index (χ0v) is 7.64. The molecule has 1 aromatic carbocycles. The second-order valence-corrected chi connectivity index (χ2v) is 2.81. The van der Waals surface area contributed by atoms with Gasteiger partial charge < -0.3 is 19.3 Å². The van der Waals surface area contributed by atoms with E-state index >= 15 is 0 Å². The van der Waals surface area contributed by atoms with Gasteiger partial charge in [0.25, 0.3) is 6.29 Å². The topological polar surface area (TPSA) is 47.9 Å². The molecule has 1 heterocycles. The van der Waals surface area contributed by atoms with E-state index in [1.54, 1.807) is 18.2 Å². The van der Waals surface area contributed by atoms with E-state index in [9.17, 15) is 5.11 Å². The highest BCUT2D eigenvalue weighted by Gasteiger charge is 2.16. The molecule has 1 aromatic rings. The van der Waals surface area contributed by atoms with Crippen LogP contribution in [0.15, 0.2) is 30.7 Å². The number of rotatable bonds is 2. The molecule has 0 fully saturated rings. The Hall–Kier alpha value is -1.84. The van der Waals surface area contributed by atoms with Crippen LogP contribution in [0.2, 0.25) is 0 Å². The molecule has 0 unspecified atom stereocenters. The maximum Gasteiger partial charge on any atom is 0.266 e. The Balaban J connectivity index is 2.26. The molecular formula is C10H10O4. The maximum absolute atomic E-state index is 9.36. The van der Waals surface area contributed by atoms with Gasteiger partial charge in [0.2, 0.25) is 0 Å². The molecule has 0 amide bonds. The number of ether oxygens (including phenoxy) is 3. The molecule has 0 atom stereocenters. The quantitative estimate of drug-likeness (QED) is 0.781. The Labute approximate surface area is 81.3 Å². The van der Waals surface area contributed by atoms with Crippen LogP contribution in [0.4, 0.5) is 0 Å². The number of hydrogen-bond acceptors (Lipinski definition) is 4. The molecule has 74 valence electrons. The van der Waals surface area contributed by atoms with Crippen molar-refractivity contribution >= 4 is 0 Å². The van der Waals surface area contributed by atoms with Gasteiger partial charge in [-0.1, -0.05) is 0 Å². The largest absolute Gasteiger partial charge is 0.504 e. The normalized spacial score (nSPS) is 14.9. The zero-order valence-electron chi connectivity index (χ0n) is 7.64. The Morgan fingerprint density at radius 2 is 2.00 bits per heavy atom. The van der Waals surface area contributed by atoms with Gasteiger partial charge in [-0.05, 0) is 18.2 Å². The zero-order chi connectivity index (χ0) is 9.97. The molecular weight excluding hydrogens is 184 g/mol. The molecule has 2 rings (SSSR count). The minimum absolute atomic E-state index is 0.0993. The van der Waals surface area contributed by atoms with E-state index in [4.69, 9.17) is 14.2 Å². The fourth-order valence-corrected chi connectivity index (χ4v) is 1.24. The van der Waals surface area contributed by atoms with Crippen molar-refractivity contribution in [1.82, 2.24) is 0 Å². The van der Waals surface area contributed by atoms with Crippen LogP contribution >= 0.6 is 0 Å². The van der Waals surface area contributed by atoms with Crippen molar-refractivity contribution in [1.29, 1.82) is 0 Å². The van der Waals surface area contributed by atoms with E-state index in [0.717, 1.165) is 5.56 Å². The van der Waals surface area contributed by atoms with E-state index in [1.807, 2.05) is 0 Å². The van der Waals surface area contributed by atoms with Gasteiger partial charge in [-0.3, -0.25) is 0 Å².